The van der Waals surface area contributed by atoms with Crippen LogP contribution in [-0.2, 0) is 9.53 Å². The lowest BCUT2D eigenvalue weighted by Gasteiger charge is -2.12. The molecule has 3 aromatic rings. The van der Waals surface area contributed by atoms with Gasteiger partial charge in [-0.25, -0.2) is 4.79 Å². The highest BCUT2D eigenvalue weighted by Crippen LogP contribution is 2.26. The fourth-order valence-electron chi connectivity index (χ4n) is 2.40. The van der Waals surface area contributed by atoms with E-state index in [0.29, 0.717) is 17.1 Å². The number of carbonyl (C=O) groups excluding carboxylic acids is 1. The van der Waals surface area contributed by atoms with Crippen molar-refractivity contribution in [3.8, 4) is 23.0 Å². The number of nitro benzene ring substituents is 1. The number of rotatable bonds is 8. The summed E-state index contributed by atoms with van der Waals surface area (Å²) < 4.78 is 21.3. The predicted molar refractivity (Wildman–Crippen MR) is 99.4 cm³/mol. The molecule has 2 aromatic carbocycles. The molecular formula is C19H17N3O7. The second-order valence-corrected chi connectivity index (χ2v) is 5.82. The zero-order valence-corrected chi connectivity index (χ0v) is 15.6. The van der Waals surface area contributed by atoms with Crippen molar-refractivity contribution in [2.75, 3.05) is 13.7 Å². The van der Waals surface area contributed by atoms with Crippen LogP contribution in [0.4, 0.5) is 5.69 Å². The normalized spacial score (nSPS) is 11.5. The van der Waals surface area contributed by atoms with Crippen LogP contribution in [-0.4, -0.2) is 34.8 Å². The Bertz CT molecular complexity index is 1000. The maximum absolute atomic E-state index is 12.0. The largest absolute Gasteiger partial charge is 0.493 e. The maximum atomic E-state index is 12.0. The first kappa shape index (κ1) is 19.8. The summed E-state index contributed by atoms with van der Waals surface area (Å²) in [5, 5.41) is 18.5. The lowest BCUT2D eigenvalue weighted by atomic mass is 10.2. The highest BCUT2D eigenvalue weighted by Gasteiger charge is 2.20. The zero-order valence-electron chi connectivity index (χ0n) is 15.6. The summed E-state index contributed by atoms with van der Waals surface area (Å²) in [7, 11) is 1.50. The molecule has 0 saturated heterocycles. The van der Waals surface area contributed by atoms with Crippen LogP contribution in [0.25, 0.3) is 11.5 Å². The van der Waals surface area contributed by atoms with E-state index in [2.05, 4.69) is 10.2 Å². The molecule has 29 heavy (non-hydrogen) atoms. The number of benzene rings is 2. The van der Waals surface area contributed by atoms with Gasteiger partial charge in [-0.1, -0.05) is 12.1 Å². The third-order valence-electron chi connectivity index (χ3n) is 3.84. The van der Waals surface area contributed by atoms with Gasteiger partial charge in [0, 0.05) is 17.7 Å². The predicted octanol–water partition coefficient (Wildman–Crippen LogP) is 3.34. The molecule has 0 spiro atoms. The lowest BCUT2D eigenvalue weighted by Crippen LogP contribution is -2.17. The molecule has 0 aliphatic rings. The van der Waals surface area contributed by atoms with E-state index in [1.807, 2.05) is 0 Å². The van der Waals surface area contributed by atoms with Gasteiger partial charge in [0.1, 0.15) is 0 Å². The van der Waals surface area contributed by atoms with Crippen molar-refractivity contribution in [2.45, 2.75) is 13.0 Å². The first-order chi connectivity index (χ1) is 14.0. The van der Waals surface area contributed by atoms with Gasteiger partial charge in [0.05, 0.1) is 12.0 Å². The summed E-state index contributed by atoms with van der Waals surface area (Å²) in [6.45, 7) is 1.25. The molecule has 0 N–H and O–H groups in total. The molecule has 1 aromatic heterocycles. The highest BCUT2D eigenvalue weighted by atomic mass is 16.6. The lowest BCUT2D eigenvalue weighted by molar-refractivity contribution is -0.384. The molecule has 10 heteroatoms. The van der Waals surface area contributed by atoms with Gasteiger partial charge < -0.3 is 18.6 Å². The molecule has 0 aliphatic heterocycles. The number of carbonyl (C=O) groups is 1. The number of nitro groups is 1. The Morgan fingerprint density at radius 1 is 1.14 bits per heavy atom. The Morgan fingerprint density at radius 2 is 1.83 bits per heavy atom. The molecule has 10 nitrogen and oxygen atoms in total. The number of non-ortho nitro benzene ring substituents is 1. The van der Waals surface area contributed by atoms with Gasteiger partial charge in [-0.2, -0.15) is 0 Å². The SMILES string of the molecule is COc1ccccc1OCC(=O)O[C@H](C)c1nnc(-c2ccc([N+](=O)[O-])cc2)o1. The molecule has 0 bridgehead atoms. The molecule has 0 fully saturated rings. The van der Waals surface area contributed by atoms with E-state index < -0.39 is 17.0 Å². The van der Waals surface area contributed by atoms with Gasteiger partial charge in [-0.3, -0.25) is 10.1 Å². The Kier molecular flexibility index (Phi) is 6.03. The minimum Gasteiger partial charge on any atom is -0.493 e. The summed E-state index contributed by atoms with van der Waals surface area (Å²) in [5.41, 5.74) is 0.457. The van der Waals surface area contributed by atoms with Crippen molar-refractivity contribution < 1.29 is 28.3 Å². The molecule has 1 atom stereocenters. The van der Waals surface area contributed by atoms with Crippen LogP contribution in [0, 0.1) is 10.1 Å². The minimum absolute atomic E-state index is 0.0502. The van der Waals surface area contributed by atoms with E-state index in [0.717, 1.165) is 0 Å². The third-order valence-corrected chi connectivity index (χ3v) is 3.84. The number of hydrogen-bond acceptors (Lipinski definition) is 9. The summed E-state index contributed by atoms with van der Waals surface area (Å²) in [6, 6.07) is 12.6. The van der Waals surface area contributed by atoms with Gasteiger partial charge >= 0.3 is 5.97 Å². The summed E-state index contributed by atoms with van der Waals surface area (Å²) in [5.74, 6) is 0.529. The van der Waals surface area contributed by atoms with Crippen molar-refractivity contribution in [1.82, 2.24) is 10.2 Å². The van der Waals surface area contributed by atoms with E-state index in [9.17, 15) is 14.9 Å². The maximum Gasteiger partial charge on any atom is 0.344 e. The average molecular weight is 399 g/mol. The molecule has 1 heterocycles. The first-order valence-corrected chi connectivity index (χ1v) is 8.51. The van der Waals surface area contributed by atoms with E-state index in [4.69, 9.17) is 18.6 Å². The molecular weight excluding hydrogens is 382 g/mol. The molecule has 3 rings (SSSR count). The summed E-state index contributed by atoms with van der Waals surface area (Å²) >= 11 is 0. The van der Waals surface area contributed by atoms with E-state index >= 15 is 0 Å². The number of esters is 1. The Labute approximate surface area is 165 Å². The number of ether oxygens (including phenoxy) is 3. The topological polar surface area (TPSA) is 127 Å². The Balaban J connectivity index is 1.58. The van der Waals surface area contributed by atoms with E-state index in [1.165, 1.54) is 31.4 Å². The first-order valence-electron chi connectivity index (χ1n) is 8.51. The Morgan fingerprint density at radius 3 is 2.48 bits per heavy atom. The second-order valence-electron chi connectivity index (χ2n) is 5.82. The van der Waals surface area contributed by atoms with Gasteiger partial charge in [0.2, 0.25) is 5.89 Å². The molecule has 0 radical (unpaired) electrons. The van der Waals surface area contributed by atoms with Crippen LogP contribution < -0.4 is 9.47 Å². The van der Waals surface area contributed by atoms with Gasteiger partial charge in [-0.05, 0) is 31.2 Å². The van der Waals surface area contributed by atoms with Crippen LogP contribution >= 0.6 is 0 Å². The number of methoxy groups -OCH3 is 1. The van der Waals surface area contributed by atoms with Gasteiger partial charge in [-0.15, -0.1) is 10.2 Å². The second kappa shape index (κ2) is 8.83. The van der Waals surface area contributed by atoms with Crippen LogP contribution in [0.1, 0.15) is 18.9 Å². The monoisotopic (exact) mass is 399 g/mol. The molecule has 0 saturated carbocycles. The minimum atomic E-state index is -0.803. The number of para-hydroxylation sites is 2. The van der Waals surface area contributed by atoms with Crippen molar-refractivity contribution in [1.29, 1.82) is 0 Å². The molecule has 0 amide bonds. The van der Waals surface area contributed by atoms with Crippen molar-refractivity contribution in [3.05, 3.63) is 64.5 Å². The number of nitrogens with zero attached hydrogens (tertiary/aromatic N) is 3. The van der Waals surface area contributed by atoms with Gasteiger partial charge in [0.15, 0.2) is 24.2 Å². The Hall–Kier alpha value is -3.95. The zero-order chi connectivity index (χ0) is 20.8. The van der Waals surface area contributed by atoms with E-state index in [1.54, 1.807) is 31.2 Å². The standard InChI is InChI=1S/C19H17N3O7/c1-12(28-17(23)11-27-16-6-4-3-5-15(16)26-2)18-20-21-19(29-18)13-7-9-14(10-8-13)22(24)25/h3-10,12H,11H2,1-2H3/t12-/m1/s1. The molecule has 0 unspecified atom stereocenters. The number of hydrogen-bond donors (Lipinski definition) is 0. The van der Waals surface area contributed by atoms with Crippen molar-refractivity contribution >= 4 is 11.7 Å². The summed E-state index contributed by atoms with van der Waals surface area (Å²) in [6.07, 6.45) is -0.803. The van der Waals surface area contributed by atoms with Gasteiger partial charge in [0.25, 0.3) is 11.6 Å². The van der Waals surface area contributed by atoms with Crippen LogP contribution in [0.5, 0.6) is 11.5 Å². The summed E-state index contributed by atoms with van der Waals surface area (Å²) in [4.78, 5) is 22.2. The average Bonchev–Trinajstić information content (AvgIpc) is 3.23. The van der Waals surface area contributed by atoms with Crippen LogP contribution in [0.3, 0.4) is 0 Å². The molecule has 0 aliphatic carbocycles. The fourth-order valence-corrected chi connectivity index (χ4v) is 2.40. The van der Waals surface area contributed by atoms with Crippen LogP contribution in [0.15, 0.2) is 52.9 Å². The van der Waals surface area contributed by atoms with E-state index in [-0.39, 0.29) is 24.1 Å². The quantitative estimate of drug-likeness (QED) is 0.318. The smallest absolute Gasteiger partial charge is 0.344 e. The number of aromatic nitrogens is 2. The van der Waals surface area contributed by atoms with Crippen molar-refractivity contribution in [2.24, 2.45) is 0 Å². The fraction of sp³-hybridized carbons (Fsp3) is 0.211. The third kappa shape index (κ3) is 4.86. The van der Waals surface area contributed by atoms with Crippen molar-refractivity contribution in [3.63, 3.8) is 0 Å². The highest BCUT2D eigenvalue weighted by molar-refractivity contribution is 5.71. The molecule has 150 valence electrons. The van der Waals surface area contributed by atoms with Crippen LogP contribution in [0.2, 0.25) is 0 Å².